The van der Waals surface area contributed by atoms with Crippen molar-refractivity contribution < 1.29 is 13.5 Å². The molecule has 0 radical (unpaired) electrons. The average molecular weight is 430 g/mol. The van der Waals surface area contributed by atoms with Crippen LogP contribution in [0.25, 0.3) is 5.69 Å². The van der Waals surface area contributed by atoms with Gasteiger partial charge in [-0.15, -0.1) is 0 Å². The minimum Gasteiger partial charge on any atom is -0.377 e. The zero-order valence-electron chi connectivity index (χ0n) is 16.1. The van der Waals surface area contributed by atoms with E-state index < -0.39 is 11.6 Å². The highest BCUT2D eigenvalue weighted by Gasteiger charge is 2.26. The third-order valence-corrected chi connectivity index (χ3v) is 5.55. The van der Waals surface area contributed by atoms with Gasteiger partial charge in [0.25, 0.3) is 0 Å². The number of hydrogen-bond acceptors (Lipinski definition) is 5. The van der Waals surface area contributed by atoms with Gasteiger partial charge in [-0.1, -0.05) is 17.7 Å². The number of halogens is 3. The van der Waals surface area contributed by atoms with E-state index in [4.69, 9.17) is 16.3 Å². The molecule has 30 heavy (non-hydrogen) atoms. The number of morpholine rings is 1. The van der Waals surface area contributed by atoms with Crippen LogP contribution in [-0.4, -0.2) is 41.4 Å². The molecule has 2 aromatic carbocycles. The molecule has 3 heterocycles. The first kappa shape index (κ1) is 19.0. The molecule has 2 aliphatic rings. The van der Waals surface area contributed by atoms with Crippen LogP contribution in [0.2, 0.25) is 5.02 Å². The highest BCUT2D eigenvalue weighted by atomic mass is 35.5. The van der Waals surface area contributed by atoms with E-state index in [9.17, 15) is 8.78 Å². The number of aromatic nitrogens is 2. The number of fused-ring (bicyclic) bond motifs is 3. The molecule has 1 atom stereocenters. The molecule has 0 spiro atoms. The van der Waals surface area contributed by atoms with Gasteiger partial charge >= 0.3 is 0 Å². The van der Waals surface area contributed by atoms with E-state index in [-0.39, 0.29) is 22.5 Å². The number of nitrogens with zero attached hydrogens (tertiary/aromatic N) is 4. The number of nitrogens with one attached hydrogen (secondary N) is 1. The van der Waals surface area contributed by atoms with E-state index >= 15 is 0 Å². The van der Waals surface area contributed by atoms with E-state index in [0.29, 0.717) is 30.4 Å². The summed E-state index contributed by atoms with van der Waals surface area (Å²) in [5.41, 5.74) is 2.03. The highest BCUT2D eigenvalue weighted by Crippen LogP contribution is 2.37. The van der Waals surface area contributed by atoms with Crippen molar-refractivity contribution in [2.45, 2.75) is 13.0 Å². The fourth-order valence-corrected chi connectivity index (χ4v) is 3.96. The number of benzene rings is 2. The Balaban J connectivity index is 1.66. The quantitative estimate of drug-likeness (QED) is 0.650. The van der Waals surface area contributed by atoms with Gasteiger partial charge in [-0.3, -0.25) is 0 Å². The molecule has 6 nitrogen and oxygen atoms in total. The van der Waals surface area contributed by atoms with Crippen molar-refractivity contribution in [3.05, 3.63) is 64.8 Å². The molecule has 154 valence electrons. The fourth-order valence-electron chi connectivity index (χ4n) is 3.79. The molecule has 9 heteroatoms. The largest absolute Gasteiger partial charge is 0.377 e. The van der Waals surface area contributed by atoms with Crippen molar-refractivity contribution in [2.24, 2.45) is 4.99 Å². The Labute approximate surface area is 176 Å². The number of aliphatic imine (C=N–C) groups is 1. The number of anilines is 2. The zero-order chi connectivity index (χ0) is 20.8. The van der Waals surface area contributed by atoms with Crippen molar-refractivity contribution >= 4 is 34.6 Å². The van der Waals surface area contributed by atoms with Crippen molar-refractivity contribution in [1.29, 1.82) is 0 Å². The van der Waals surface area contributed by atoms with E-state index in [1.165, 1.54) is 24.4 Å². The average Bonchev–Trinajstić information content (AvgIpc) is 3.00. The van der Waals surface area contributed by atoms with Crippen LogP contribution in [0.3, 0.4) is 0 Å². The SMILES string of the molecule is C[C@H]1COCCN1c1ccc2c(c1)-n1ncc(Cl)c1N=C(c1c(F)cccc1F)N2. The Morgan fingerprint density at radius 1 is 1.20 bits per heavy atom. The highest BCUT2D eigenvalue weighted by molar-refractivity contribution is 6.33. The van der Waals surface area contributed by atoms with Gasteiger partial charge in [0.15, 0.2) is 5.82 Å². The van der Waals surface area contributed by atoms with Gasteiger partial charge in [0.1, 0.15) is 22.5 Å². The second-order valence-corrected chi connectivity index (χ2v) is 7.64. The molecule has 1 fully saturated rings. The maximum Gasteiger partial charge on any atom is 0.176 e. The normalized spacial score (nSPS) is 18.2. The van der Waals surface area contributed by atoms with Gasteiger partial charge in [0, 0.05) is 18.3 Å². The first-order chi connectivity index (χ1) is 14.5. The molecule has 1 aromatic heterocycles. The summed E-state index contributed by atoms with van der Waals surface area (Å²) in [5, 5.41) is 7.69. The second kappa shape index (κ2) is 7.37. The van der Waals surface area contributed by atoms with Crippen molar-refractivity contribution in [1.82, 2.24) is 9.78 Å². The summed E-state index contributed by atoms with van der Waals surface area (Å²) in [6.07, 6.45) is 1.47. The molecule has 2 aliphatic heterocycles. The number of ether oxygens (including phenoxy) is 1. The summed E-state index contributed by atoms with van der Waals surface area (Å²) in [6.45, 7) is 4.16. The number of rotatable bonds is 2. The van der Waals surface area contributed by atoms with Crippen LogP contribution in [-0.2, 0) is 4.74 Å². The molecule has 0 amide bonds. The Kier molecular flexibility index (Phi) is 4.67. The molecule has 1 N–H and O–H groups in total. The fraction of sp³-hybridized carbons (Fsp3) is 0.238. The minimum atomic E-state index is -0.717. The lowest BCUT2D eigenvalue weighted by molar-refractivity contribution is 0.0989. The summed E-state index contributed by atoms with van der Waals surface area (Å²) < 4.78 is 36.0. The maximum absolute atomic E-state index is 14.5. The van der Waals surface area contributed by atoms with Crippen molar-refractivity contribution in [3.8, 4) is 5.69 Å². The Bertz CT molecular complexity index is 1140. The van der Waals surface area contributed by atoms with Gasteiger partial charge in [-0.05, 0) is 37.3 Å². The molecular formula is C21H18ClF2N5O. The van der Waals surface area contributed by atoms with Gasteiger partial charge in [0.05, 0.1) is 36.3 Å². The standard InChI is InChI=1S/C21H18ClF2N5O/c1-12-11-30-8-7-28(12)13-5-6-17-18(9-13)29-21(14(22)10-25-29)27-20(26-17)19-15(23)3-2-4-16(19)24/h2-6,9-10,12H,7-8,11H2,1H3,(H,26,27)/t12-/m0/s1. The molecule has 1 saturated heterocycles. The first-order valence-electron chi connectivity index (χ1n) is 9.55. The Morgan fingerprint density at radius 3 is 2.77 bits per heavy atom. The van der Waals surface area contributed by atoms with E-state index in [1.54, 1.807) is 4.68 Å². The molecule has 0 saturated carbocycles. The zero-order valence-corrected chi connectivity index (χ0v) is 16.8. The van der Waals surface area contributed by atoms with E-state index in [1.807, 2.05) is 18.2 Å². The summed E-state index contributed by atoms with van der Waals surface area (Å²) in [7, 11) is 0. The molecule has 0 bridgehead atoms. The van der Waals surface area contributed by atoms with Crippen LogP contribution in [0.4, 0.5) is 26.0 Å². The predicted molar refractivity (Wildman–Crippen MR) is 112 cm³/mol. The van der Waals surface area contributed by atoms with Crippen molar-refractivity contribution in [3.63, 3.8) is 0 Å². The summed E-state index contributed by atoms with van der Waals surface area (Å²) in [4.78, 5) is 6.67. The lowest BCUT2D eigenvalue weighted by Crippen LogP contribution is -2.43. The number of hydrogen-bond donors (Lipinski definition) is 1. The number of amidine groups is 1. The van der Waals surface area contributed by atoms with Gasteiger partial charge in [-0.25, -0.2) is 18.5 Å². The van der Waals surface area contributed by atoms with Crippen LogP contribution in [0.1, 0.15) is 12.5 Å². The van der Waals surface area contributed by atoms with Crippen LogP contribution >= 0.6 is 11.6 Å². The molecule has 5 rings (SSSR count). The lowest BCUT2D eigenvalue weighted by Gasteiger charge is -2.35. The van der Waals surface area contributed by atoms with E-state index in [2.05, 4.69) is 27.2 Å². The van der Waals surface area contributed by atoms with Crippen LogP contribution < -0.4 is 10.2 Å². The smallest absolute Gasteiger partial charge is 0.176 e. The van der Waals surface area contributed by atoms with Gasteiger partial charge in [0.2, 0.25) is 0 Å². The third kappa shape index (κ3) is 3.12. The third-order valence-electron chi connectivity index (χ3n) is 5.28. The Morgan fingerprint density at radius 2 is 2.00 bits per heavy atom. The molecule has 0 unspecified atom stereocenters. The topological polar surface area (TPSA) is 54.7 Å². The van der Waals surface area contributed by atoms with Gasteiger partial charge < -0.3 is 15.0 Å². The summed E-state index contributed by atoms with van der Waals surface area (Å²) in [6, 6.07) is 9.69. The summed E-state index contributed by atoms with van der Waals surface area (Å²) >= 11 is 6.31. The van der Waals surface area contributed by atoms with Crippen LogP contribution in [0.15, 0.2) is 47.6 Å². The monoisotopic (exact) mass is 429 g/mol. The molecule has 0 aliphatic carbocycles. The minimum absolute atomic E-state index is 0.0282. The van der Waals surface area contributed by atoms with Crippen LogP contribution in [0, 0.1) is 11.6 Å². The maximum atomic E-state index is 14.5. The van der Waals surface area contributed by atoms with E-state index in [0.717, 1.165) is 12.2 Å². The van der Waals surface area contributed by atoms with Crippen LogP contribution in [0.5, 0.6) is 0 Å². The Hall–Kier alpha value is -2.97. The van der Waals surface area contributed by atoms with Crippen molar-refractivity contribution in [2.75, 3.05) is 30.0 Å². The predicted octanol–water partition coefficient (Wildman–Crippen LogP) is 4.53. The second-order valence-electron chi connectivity index (χ2n) is 7.23. The van der Waals surface area contributed by atoms with Gasteiger partial charge in [-0.2, -0.15) is 5.10 Å². The molecular weight excluding hydrogens is 412 g/mol. The summed E-state index contributed by atoms with van der Waals surface area (Å²) in [5.74, 6) is -1.11. The molecule has 3 aromatic rings. The lowest BCUT2D eigenvalue weighted by atomic mass is 10.1. The first-order valence-corrected chi connectivity index (χ1v) is 9.93.